The van der Waals surface area contributed by atoms with Crippen molar-refractivity contribution in [3.05, 3.63) is 69.7 Å². The Morgan fingerprint density at radius 2 is 2.00 bits per heavy atom. The Hall–Kier alpha value is -3.13. The van der Waals surface area contributed by atoms with Gasteiger partial charge in [-0.1, -0.05) is 35.9 Å². The van der Waals surface area contributed by atoms with Crippen LogP contribution in [0.2, 0.25) is 6.43 Å². The lowest BCUT2D eigenvalue weighted by molar-refractivity contribution is -0.144. The van der Waals surface area contributed by atoms with Crippen molar-refractivity contribution in [1.29, 1.82) is 0 Å². The highest BCUT2D eigenvalue weighted by atomic mass is 35.5. The number of imide groups is 1. The van der Waals surface area contributed by atoms with Crippen LogP contribution in [-0.4, -0.2) is 34.4 Å². The second-order valence-electron chi connectivity index (χ2n) is 7.33. The normalized spacial score (nSPS) is 26.2. The number of amides is 3. The number of piperidine rings is 1. The summed E-state index contributed by atoms with van der Waals surface area (Å²) in [6.07, 6.45) is -4.38. The molecule has 0 bridgehead atoms. The van der Waals surface area contributed by atoms with Crippen LogP contribution in [0.25, 0.3) is 0 Å². The Balaban J connectivity index is 1.53. The predicted octanol–water partition coefficient (Wildman–Crippen LogP) is 3.39. The Morgan fingerprint density at radius 1 is 1.28 bits per heavy atom. The molecule has 32 heavy (non-hydrogen) atoms. The summed E-state index contributed by atoms with van der Waals surface area (Å²) in [5, 5.41) is 0.147. The van der Waals surface area contributed by atoms with Gasteiger partial charge in [0.05, 0.1) is 1.37 Å². The molecule has 0 aromatic heterocycles. The van der Waals surface area contributed by atoms with E-state index in [1.807, 2.05) is 0 Å². The van der Waals surface area contributed by atoms with Gasteiger partial charge in [0.1, 0.15) is 6.02 Å². The van der Waals surface area contributed by atoms with Crippen molar-refractivity contribution in [2.45, 2.75) is 44.1 Å². The van der Waals surface area contributed by atoms with E-state index in [2.05, 4.69) is 0 Å². The van der Waals surface area contributed by atoms with Gasteiger partial charge in [-0.3, -0.25) is 24.5 Å². The quantitative estimate of drug-likeness (QED) is 0.664. The van der Waals surface area contributed by atoms with Crippen molar-refractivity contribution in [1.82, 2.24) is 10.2 Å². The van der Waals surface area contributed by atoms with Crippen LogP contribution in [0.3, 0.4) is 0 Å². The van der Waals surface area contributed by atoms with Crippen LogP contribution in [0.5, 0.6) is 0 Å². The van der Waals surface area contributed by atoms with E-state index in [9.17, 15) is 28.0 Å². The molecule has 0 spiro atoms. The number of halogens is 3. The average molecular weight is 465 g/mol. The number of rotatable bonds is 6. The van der Waals surface area contributed by atoms with Crippen molar-refractivity contribution in [2.24, 2.45) is 0 Å². The number of hydrogen-bond acceptors (Lipinski definition) is 4. The fraction of sp³-hybridized carbons (Fsp3) is 0.304. The number of alkyl halides is 2. The second-order valence-corrected chi connectivity index (χ2v) is 7.77. The molecule has 2 aromatic rings. The molecule has 0 radical (unpaired) electrons. The summed E-state index contributed by atoms with van der Waals surface area (Å²) in [5.74, 6) is -8.39. The van der Waals surface area contributed by atoms with Crippen molar-refractivity contribution >= 4 is 35.1 Å². The molecular weight excluding hydrogens is 442 g/mol. The lowest BCUT2D eigenvalue weighted by Gasteiger charge is -2.29. The molecule has 1 N–H and O–H groups in total. The lowest BCUT2D eigenvalue weighted by Crippen LogP contribution is -2.52. The number of aryl methyl sites for hydroxylation is 1. The monoisotopic (exact) mass is 464 g/mol. The molecule has 4 rings (SSSR count). The van der Waals surface area contributed by atoms with E-state index < -0.39 is 66.6 Å². The molecule has 1 saturated heterocycles. The first-order valence-corrected chi connectivity index (χ1v) is 9.99. The summed E-state index contributed by atoms with van der Waals surface area (Å²) in [6, 6.07) is 6.19. The van der Waals surface area contributed by atoms with Gasteiger partial charge in [-0.2, -0.15) is 8.78 Å². The third-order valence-corrected chi connectivity index (χ3v) is 5.52. The standard InChI is InChI=1S/C23H19ClF2N2O4/c24-16-5-3-15(4-6-16)23(25,26)19(29)9-2-13-1-7-17-14(11-13)12-28(22(17)32)18-8-10-20(30)27-21(18)31/h1,3-7,11,18H,2,8-10,12H2,(H,27,30,31)/t18-/m1/s1/i2D,10D,18D/hD/t2?,10?,18-. The molecule has 2 unspecified atom stereocenters. The SMILES string of the molecule is [2H]C1C[C@@]([2H])(N2Cc3cc(C([2H])CC(=O)C(F)(F)c4ccc(Cl)cc4)ccc3C2=O)C(=O)N([2H])C1=O. The molecule has 166 valence electrons. The zero-order chi connectivity index (χ0) is 26.6. The Bertz CT molecular complexity index is 1280. The number of nitrogens with zero attached hydrogens (tertiary/aromatic N) is 1. The maximum absolute atomic E-state index is 14.6. The van der Waals surface area contributed by atoms with Crippen molar-refractivity contribution in [3.8, 4) is 0 Å². The summed E-state index contributed by atoms with van der Waals surface area (Å²) in [7, 11) is 0. The van der Waals surface area contributed by atoms with Crippen molar-refractivity contribution in [3.63, 3.8) is 0 Å². The van der Waals surface area contributed by atoms with Gasteiger partial charge in [0, 0.05) is 38.3 Å². The molecule has 3 amide bonds. The number of hydrogen-bond donors (Lipinski definition) is 1. The van der Waals surface area contributed by atoms with E-state index in [0.29, 0.717) is 5.56 Å². The molecule has 6 nitrogen and oxygen atoms in total. The van der Waals surface area contributed by atoms with E-state index in [4.69, 9.17) is 17.1 Å². The number of benzene rings is 2. The molecule has 0 saturated carbocycles. The van der Waals surface area contributed by atoms with Gasteiger partial charge in [-0.25, -0.2) is 0 Å². The van der Waals surface area contributed by atoms with Crippen LogP contribution < -0.4 is 5.31 Å². The van der Waals surface area contributed by atoms with Gasteiger partial charge in [-0.05, 0) is 42.1 Å². The fourth-order valence-corrected chi connectivity index (χ4v) is 3.68. The first-order chi connectivity index (χ1) is 16.8. The topological polar surface area (TPSA) is 83.6 Å². The van der Waals surface area contributed by atoms with E-state index in [1.54, 1.807) is 0 Å². The van der Waals surface area contributed by atoms with Gasteiger partial charge >= 0.3 is 5.92 Å². The summed E-state index contributed by atoms with van der Waals surface area (Å²) < 4.78 is 61.4. The zero-order valence-corrected chi connectivity index (χ0v) is 17.2. The second kappa shape index (κ2) is 8.43. The molecule has 1 fully saturated rings. The summed E-state index contributed by atoms with van der Waals surface area (Å²) in [4.78, 5) is 50.4. The fourth-order valence-electron chi connectivity index (χ4n) is 3.55. The van der Waals surface area contributed by atoms with E-state index >= 15 is 0 Å². The highest BCUT2D eigenvalue weighted by molar-refractivity contribution is 6.30. The lowest BCUT2D eigenvalue weighted by atomic mass is 9.97. The predicted molar refractivity (Wildman–Crippen MR) is 111 cm³/mol. The van der Waals surface area contributed by atoms with Gasteiger partial charge in [0.15, 0.2) is 1.41 Å². The Morgan fingerprint density at radius 3 is 2.72 bits per heavy atom. The smallest absolute Gasteiger partial charge is 0.322 e. The van der Waals surface area contributed by atoms with E-state index in [-0.39, 0.29) is 28.0 Å². The largest absolute Gasteiger partial charge is 0.330 e. The van der Waals surface area contributed by atoms with E-state index in [0.717, 1.165) is 17.0 Å². The minimum atomic E-state index is -3.83. The number of nitrogens with one attached hydrogen (secondary N) is 1. The highest BCUT2D eigenvalue weighted by Gasteiger charge is 2.41. The van der Waals surface area contributed by atoms with Gasteiger partial charge < -0.3 is 4.90 Å². The molecule has 2 aromatic carbocycles. The van der Waals surface area contributed by atoms with Crippen molar-refractivity contribution in [2.75, 3.05) is 0 Å². The van der Waals surface area contributed by atoms with Gasteiger partial charge in [-0.15, -0.1) is 0 Å². The first-order valence-electron chi connectivity index (χ1n) is 11.7. The third-order valence-electron chi connectivity index (χ3n) is 5.27. The summed E-state index contributed by atoms with van der Waals surface area (Å²) >= 11 is 5.71. The average Bonchev–Trinajstić information content (AvgIpc) is 3.18. The van der Waals surface area contributed by atoms with Crippen LogP contribution >= 0.6 is 11.6 Å². The van der Waals surface area contributed by atoms with Gasteiger partial charge in [0.2, 0.25) is 17.6 Å². The van der Waals surface area contributed by atoms with Crippen molar-refractivity contribution < 1.29 is 33.5 Å². The number of carbonyl (C=O) groups is 4. The molecule has 2 aliphatic heterocycles. The maximum Gasteiger partial charge on any atom is 0.330 e. The van der Waals surface area contributed by atoms with Crippen LogP contribution in [0.1, 0.15) is 50.4 Å². The molecule has 3 atom stereocenters. The number of ketones is 1. The summed E-state index contributed by atoms with van der Waals surface area (Å²) in [6.45, 7) is -0.284. The number of Topliss-reactive ketones (excluding diaryl/α,β-unsaturated/α-hetero) is 1. The van der Waals surface area contributed by atoms with Crippen LogP contribution in [-0.2, 0) is 33.2 Å². The molecule has 9 heteroatoms. The molecule has 2 aliphatic rings. The van der Waals surface area contributed by atoms with Crippen LogP contribution in [0.4, 0.5) is 8.78 Å². The highest BCUT2D eigenvalue weighted by Crippen LogP contribution is 2.32. The van der Waals surface area contributed by atoms with Crippen LogP contribution in [0.15, 0.2) is 42.5 Å². The number of carbonyl (C=O) groups excluding carboxylic acids is 4. The maximum atomic E-state index is 14.6. The Kier molecular flexibility index (Phi) is 4.59. The molecule has 0 aliphatic carbocycles. The van der Waals surface area contributed by atoms with Gasteiger partial charge in [0.25, 0.3) is 5.91 Å². The number of fused-ring (bicyclic) bond motifs is 1. The minimum Gasteiger partial charge on any atom is -0.322 e. The first kappa shape index (κ1) is 17.4. The zero-order valence-electron chi connectivity index (χ0n) is 20.5. The third kappa shape index (κ3) is 4.14. The molecular formula is C23H19ClF2N2O4. The Labute approximate surface area is 193 Å². The van der Waals surface area contributed by atoms with Crippen LogP contribution in [0, 0.1) is 0 Å². The minimum absolute atomic E-state index is 0.0812. The molecule has 2 heterocycles. The van der Waals surface area contributed by atoms with E-state index in [1.165, 1.54) is 30.3 Å². The summed E-state index contributed by atoms with van der Waals surface area (Å²) in [5.41, 5.74) is 0.0133.